The molecule has 21 heavy (non-hydrogen) atoms. The van der Waals surface area contributed by atoms with Gasteiger partial charge in [-0.15, -0.1) is 0 Å². The van der Waals surface area contributed by atoms with Gasteiger partial charge in [-0.25, -0.2) is 0 Å². The van der Waals surface area contributed by atoms with E-state index in [0.717, 1.165) is 0 Å². The maximum atomic E-state index is 12.0. The average Bonchev–Trinajstić information content (AvgIpc) is 2.85. The van der Waals surface area contributed by atoms with Crippen molar-refractivity contribution in [3.63, 3.8) is 0 Å². The molecular formula is C13H15ClN4O3. The van der Waals surface area contributed by atoms with Crippen LogP contribution in [0.1, 0.15) is 0 Å². The van der Waals surface area contributed by atoms with Crippen molar-refractivity contribution in [1.82, 2.24) is 9.78 Å². The van der Waals surface area contributed by atoms with Crippen LogP contribution in [0.25, 0.3) is 0 Å². The molecule has 2 aromatic rings. The van der Waals surface area contributed by atoms with E-state index in [1.165, 1.54) is 18.9 Å². The van der Waals surface area contributed by atoms with Crippen LogP contribution in [0.3, 0.4) is 0 Å². The first-order valence-electron chi connectivity index (χ1n) is 6.03. The minimum atomic E-state index is -0.277. The summed E-state index contributed by atoms with van der Waals surface area (Å²) in [6.07, 6.45) is 1.62. The SMILES string of the molecule is COc1cc(NC(=O)Cn2ccc(N)n2)c(OC)cc1Cl. The molecule has 3 N–H and O–H groups in total. The second-order valence-corrected chi connectivity index (χ2v) is 4.58. The lowest BCUT2D eigenvalue weighted by atomic mass is 10.2. The van der Waals surface area contributed by atoms with Crippen LogP contribution in [0.4, 0.5) is 11.5 Å². The van der Waals surface area contributed by atoms with Gasteiger partial charge in [0.05, 0.1) is 24.9 Å². The van der Waals surface area contributed by atoms with E-state index in [2.05, 4.69) is 10.4 Å². The number of amides is 1. The predicted octanol–water partition coefficient (Wildman–Crippen LogP) is 1.77. The Bertz CT molecular complexity index is 657. The van der Waals surface area contributed by atoms with Crippen molar-refractivity contribution in [3.8, 4) is 11.5 Å². The Hall–Kier alpha value is -2.41. The number of nitrogen functional groups attached to an aromatic ring is 1. The quantitative estimate of drug-likeness (QED) is 0.878. The second kappa shape index (κ2) is 6.36. The molecule has 7 nitrogen and oxygen atoms in total. The molecule has 0 saturated carbocycles. The van der Waals surface area contributed by atoms with Crippen LogP contribution < -0.4 is 20.5 Å². The largest absolute Gasteiger partial charge is 0.495 e. The van der Waals surface area contributed by atoms with Crippen molar-refractivity contribution < 1.29 is 14.3 Å². The Morgan fingerprint density at radius 1 is 1.38 bits per heavy atom. The number of carbonyl (C=O) groups is 1. The molecule has 0 aliphatic carbocycles. The lowest BCUT2D eigenvalue weighted by Crippen LogP contribution is -2.19. The highest BCUT2D eigenvalue weighted by atomic mass is 35.5. The number of nitrogens with zero attached hydrogens (tertiary/aromatic N) is 2. The molecule has 8 heteroatoms. The van der Waals surface area contributed by atoms with E-state index in [-0.39, 0.29) is 12.5 Å². The first-order valence-corrected chi connectivity index (χ1v) is 6.41. The molecule has 1 amide bonds. The van der Waals surface area contributed by atoms with E-state index < -0.39 is 0 Å². The number of hydrogen-bond acceptors (Lipinski definition) is 5. The number of hydrogen-bond donors (Lipinski definition) is 2. The Morgan fingerprint density at radius 3 is 2.67 bits per heavy atom. The lowest BCUT2D eigenvalue weighted by Gasteiger charge is -2.13. The summed E-state index contributed by atoms with van der Waals surface area (Å²) in [6, 6.07) is 4.78. The highest BCUT2D eigenvalue weighted by molar-refractivity contribution is 6.32. The number of carbonyl (C=O) groups excluding carboxylic acids is 1. The molecule has 0 spiro atoms. The number of anilines is 2. The average molecular weight is 311 g/mol. The molecule has 0 aliphatic heterocycles. The number of aromatic nitrogens is 2. The van der Waals surface area contributed by atoms with E-state index >= 15 is 0 Å². The summed E-state index contributed by atoms with van der Waals surface area (Å²) in [7, 11) is 2.98. The zero-order valence-corrected chi connectivity index (χ0v) is 12.3. The Kier molecular flexibility index (Phi) is 4.54. The first kappa shape index (κ1) is 15.0. The number of halogens is 1. The number of methoxy groups -OCH3 is 2. The van der Waals surface area contributed by atoms with Crippen LogP contribution in [-0.2, 0) is 11.3 Å². The fourth-order valence-electron chi connectivity index (χ4n) is 1.76. The van der Waals surface area contributed by atoms with Gasteiger partial charge in [-0.2, -0.15) is 5.10 Å². The predicted molar refractivity (Wildman–Crippen MR) is 79.8 cm³/mol. The van der Waals surface area contributed by atoms with Crippen molar-refractivity contribution in [2.45, 2.75) is 6.54 Å². The lowest BCUT2D eigenvalue weighted by molar-refractivity contribution is -0.116. The van der Waals surface area contributed by atoms with Crippen LogP contribution in [0.15, 0.2) is 24.4 Å². The van der Waals surface area contributed by atoms with Gasteiger partial charge in [-0.3, -0.25) is 9.48 Å². The maximum absolute atomic E-state index is 12.0. The molecule has 0 saturated heterocycles. The maximum Gasteiger partial charge on any atom is 0.246 e. The molecule has 0 radical (unpaired) electrons. The van der Waals surface area contributed by atoms with Crippen molar-refractivity contribution in [3.05, 3.63) is 29.4 Å². The van der Waals surface area contributed by atoms with Crippen molar-refractivity contribution in [1.29, 1.82) is 0 Å². The third-order valence-corrected chi connectivity index (χ3v) is 3.01. The normalized spacial score (nSPS) is 10.2. The fourth-order valence-corrected chi connectivity index (χ4v) is 1.99. The zero-order chi connectivity index (χ0) is 15.4. The van der Waals surface area contributed by atoms with Crippen LogP contribution >= 0.6 is 11.6 Å². The van der Waals surface area contributed by atoms with Crippen LogP contribution in [0, 0.1) is 0 Å². The molecule has 1 heterocycles. The third-order valence-electron chi connectivity index (χ3n) is 2.71. The smallest absolute Gasteiger partial charge is 0.246 e. The van der Waals surface area contributed by atoms with Crippen molar-refractivity contribution in [2.75, 3.05) is 25.3 Å². The number of benzene rings is 1. The van der Waals surface area contributed by atoms with Gasteiger partial charge in [0.1, 0.15) is 23.9 Å². The molecule has 0 aliphatic rings. The van der Waals surface area contributed by atoms with Gasteiger partial charge < -0.3 is 20.5 Å². The van der Waals surface area contributed by atoms with Gasteiger partial charge in [-0.1, -0.05) is 11.6 Å². The van der Waals surface area contributed by atoms with Gasteiger partial charge in [0.15, 0.2) is 0 Å². The third kappa shape index (κ3) is 3.57. The van der Waals surface area contributed by atoms with Gasteiger partial charge in [0, 0.05) is 18.3 Å². The highest BCUT2D eigenvalue weighted by Gasteiger charge is 2.13. The molecule has 0 fully saturated rings. The Balaban J connectivity index is 2.16. The van der Waals surface area contributed by atoms with E-state index in [0.29, 0.717) is 28.0 Å². The van der Waals surface area contributed by atoms with E-state index in [1.54, 1.807) is 24.4 Å². The van der Waals surface area contributed by atoms with Gasteiger partial charge >= 0.3 is 0 Å². The Labute approximate surface area is 126 Å². The molecule has 2 rings (SSSR count). The molecule has 1 aromatic carbocycles. The van der Waals surface area contributed by atoms with E-state index in [4.69, 9.17) is 26.8 Å². The molecule has 0 bridgehead atoms. The van der Waals surface area contributed by atoms with Gasteiger partial charge in [0.25, 0.3) is 0 Å². The van der Waals surface area contributed by atoms with E-state index in [9.17, 15) is 4.79 Å². The fraction of sp³-hybridized carbons (Fsp3) is 0.231. The summed E-state index contributed by atoms with van der Waals surface area (Å²) in [5.41, 5.74) is 5.95. The van der Waals surface area contributed by atoms with Crippen molar-refractivity contribution in [2.24, 2.45) is 0 Å². The monoisotopic (exact) mass is 310 g/mol. The summed E-state index contributed by atoms with van der Waals surface area (Å²) in [6.45, 7) is 0.0330. The molecule has 112 valence electrons. The number of nitrogens with two attached hydrogens (primary N) is 1. The summed E-state index contributed by atoms with van der Waals surface area (Å²) >= 11 is 6.00. The topological polar surface area (TPSA) is 91.4 Å². The van der Waals surface area contributed by atoms with Gasteiger partial charge in [0.2, 0.25) is 5.91 Å². The zero-order valence-electron chi connectivity index (χ0n) is 11.6. The number of rotatable bonds is 5. The molecule has 1 aromatic heterocycles. The second-order valence-electron chi connectivity index (χ2n) is 4.17. The minimum Gasteiger partial charge on any atom is -0.495 e. The van der Waals surface area contributed by atoms with E-state index in [1.807, 2.05) is 0 Å². The summed E-state index contributed by atoms with van der Waals surface area (Å²) in [4.78, 5) is 12.0. The van der Waals surface area contributed by atoms with Crippen LogP contribution in [0.2, 0.25) is 5.02 Å². The number of nitrogens with one attached hydrogen (secondary N) is 1. The van der Waals surface area contributed by atoms with Gasteiger partial charge in [-0.05, 0) is 6.07 Å². The molecular weight excluding hydrogens is 296 g/mol. The van der Waals surface area contributed by atoms with Crippen LogP contribution in [0.5, 0.6) is 11.5 Å². The Morgan fingerprint density at radius 2 is 2.10 bits per heavy atom. The molecule has 0 atom stereocenters. The summed E-state index contributed by atoms with van der Waals surface area (Å²) in [5, 5.41) is 7.05. The standard InChI is InChI=1S/C13H15ClN4O3/c1-20-10-6-9(11(21-2)5-8(10)14)16-13(19)7-18-4-3-12(15)17-18/h3-6H,7H2,1-2H3,(H2,15,17)(H,16,19). The first-order chi connectivity index (χ1) is 10.0. The summed E-state index contributed by atoms with van der Waals surface area (Å²) in [5.74, 6) is 0.958. The molecule has 0 unspecified atom stereocenters. The summed E-state index contributed by atoms with van der Waals surface area (Å²) < 4.78 is 11.7. The van der Waals surface area contributed by atoms with Crippen molar-refractivity contribution >= 4 is 29.0 Å². The number of ether oxygens (including phenoxy) is 2. The van der Waals surface area contributed by atoms with Crippen LogP contribution in [-0.4, -0.2) is 29.9 Å². The highest BCUT2D eigenvalue weighted by Crippen LogP contribution is 2.35. The minimum absolute atomic E-state index is 0.0330.